The Hall–Kier alpha value is -3.17. The number of fused-ring (bicyclic) bond motifs is 2. The number of nitrogens with zero attached hydrogens (tertiary/aromatic N) is 2. The Balaban J connectivity index is 1.25. The zero-order valence-corrected chi connectivity index (χ0v) is 26.9. The minimum atomic E-state index is -1.48. The molecule has 0 saturated heterocycles. The van der Waals surface area contributed by atoms with Crippen molar-refractivity contribution in [2.24, 2.45) is 27.6 Å². The van der Waals surface area contributed by atoms with E-state index < -0.39 is 28.5 Å². The highest BCUT2D eigenvalue weighted by Crippen LogP contribution is 2.90. The molecule has 7 atom stereocenters. The molecule has 0 bridgehead atoms. The van der Waals surface area contributed by atoms with Gasteiger partial charge in [-0.05, 0) is 74.5 Å². The third-order valence-corrected chi connectivity index (χ3v) is 13.9. The molecule has 0 amide bonds. The van der Waals surface area contributed by atoms with Crippen molar-refractivity contribution in [3.05, 3.63) is 69.6 Å². The molecule has 1 heterocycles. The summed E-state index contributed by atoms with van der Waals surface area (Å²) in [6, 6.07) is 8.37. The number of ether oxygens (including phenoxy) is 1. The van der Waals surface area contributed by atoms with Gasteiger partial charge in [0.15, 0.2) is 5.60 Å². The summed E-state index contributed by atoms with van der Waals surface area (Å²) in [4.78, 5) is 31.5. The lowest BCUT2D eigenvalue weighted by atomic mass is 9.45. The van der Waals surface area contributed by atoms with Gasteiger partial charge in [-0.1, -0.05) is 31.2 Å². The van der Waals surface area contributed by atoms with E-state index >= 15 is 0 Å². The molecule has 1 aromatic carbocycles. The predicted molar refractivity (Wildman–Crippen MR) is 168 cm³/mol. The summed E-state index contributed by atoms with van der Waals surface area (Å²) < 4.78 is 19.8. The van der Waals surface area contributed by atoms with E-state index in [9.17, 15) is 24.3 Å². The van der Waals surface area contributed by atoms with Gasteiger partial charge in [-0.15, -0.1) is 11.3 Å². The third kappa shape index (κ3) is 4.01. The zero-order chi connectivity index (χ0) is 31.8. The SMILES string of the molecule is C[C@]12CC(C=N)=C([NH2+]c3ccc(F)cc3)C=C1CC[C@]13CC12[C@@H](O)C[C@@]1(C)C3CC[C@]1(OC(=O)c1nccs1)C(=O)SCC#N. The number of aromatic nitrogens is 1. The number of quaternary nitrogens is 1. The molecule has 1 aromatic heterocycles. The van der Waals surface area contributed by atoms with E-state index in [-0.39, 0.29) is 38.4 Å². The number of carbonyl (C=O) groups is 2. The fraction of sp³-hybridized carbons (Fsp3) is 0.500. The highest BCUT2D eigenvalue weighted by Gasteiger charge is 2.88. The predicted octanol–water partition coefficient (Wildman–Crippen LogP) is 5.45. The van der Waals surface area contributed by atoms with Crippen LogP contribution in [0.4, 0.5) is 10.1 Å². The second-order valence-corrected chi connectivity index (χ2v) is 15.7. The first-order valence-corrected chi connectivity index (χ1v) is 17.3. The van der Waals surface area contributed by atoms with Crippen molar-refractivity contribution in [1.82, 2.24) is 4.98 Å². The summed E-state index contributed by atoms with van der Waals surface area (Å²) in [5, 5.41) is 33.5. The summed E-state index contributed by atoms with van der Waals surface area (Å²) in [5.74, 6) is -0.953. The number of aliphatic hydroxyl groups is 1. The highest BCUT2D eigenvalue weighted by molar-refractivity contribution is 8.14. The van der Waals surface area contributed by atoms with E-state index in [0.29, 0.717) is 25.7 Å². The first-order valence-electron chi connectivity index (χ1n) is 15.4. The van der Waals surface area contributed by atoms with Gasteiger partial charge in [-0.25, -0.2) is 14.2 Å². The molecule has 2 aromatic rings. The first-order chi connectivity index (χ1) is 21.5. The molecule has 4 N–H and O–H groups in total. The molecular weight excluding hydrogens is 612 g/mol. The Morgan fingerprint density at radius 1 is 1.31 bits per heavy atom. The monoisotopic (exact) mass is 647 g/mol. The number of nitrogens with two attached hydrogens (primary N) is 1. The van der Waals surface area contributed by atoms with Crippen LogP contribution in [0.2, 0.25) is 0 Å². The zero-order valence-electron chi connectivity index (χ0n) is 25.3. The van der Waals surface area contributed by atoms with E-state index in [4.69, 9.17) is 10.1 Å². The third-order valence-electron chi connectivity index (χ3n) is 12.3. The van der Waals surface area contributed by atoms with Crippen molar-refractivity contribution in [2.45, 2.75) is 70.5 Å². The summed E-state index contributed by atoms with van der Waals surface area (Å²) in [6.45, 7) is 4.25. The Morgan fingerprint density at radius 2 is 2.09 bits per heavy atom. The lowest BCUT2D eigenvalue weighted by Crippen LogP contribution is -2.76. The molecular formula is C34H36FN4O4S2+. The van der Waals surface area contributed by atoms with Crippen LogP contribution in [0.15, 0.2) is 58.8 Å². The van der Waals surface area contributed by atoms with Crippen LogP contribution in [-0.2, 0) is 9.53 Å². The Bertz CT molecular complexity index is 1700. The number of esters is 1. The normalized spacial score (nSPS) is 37.7. The van der Waals surface area contributed by atoms with Gasteiger partial charge in [0.2, 0.25) is 10.1 Å². The Labute approximate surface area is 269 Å². The topological polar surface area (TPSA) is 141 Å². The number of allylic oxidation sites excluding steroid dienone is 3. The molecule has 234 valence electrons. The van der Waals surface area contributed by atoms with Gasteiger partial charge in [0.1, 0.15) is 17.2 Å². The maximum Gasteiger partial charge on any atom is 0.368 e. The Kier molecular flexibility index (Phi) is 7.06. The number of carbonyl (C=O) groups excluding carboxylic acids is 2. The fourth-order valence-corrected chi connectivity index (χ4v) is 11.7. The molecule has 0 radical (unpaired) electrons. The second-order valence-electron chi connectivity index (χ2n) is 13.8. The van der Waals surface area contributed by atoms with Crippen LogP contribution in [0.3, 0.4) is 0 Å². The molecule has 0 aliphatic heterocycles. The van der Waals surface area contributed by atoms with Crippen molar-refractivity contribution in [3.63, 3.8) is 0 Å². The molecule has 2 unspecified atom stereocenters. The van der Waals surface area contributed by atoms with E-state index in [0.717, 1.165) is 59.3 Å². The number of halogens is 1. The van der Waals surface area contributed by atoms with Crippen LogP contribution in [0.1, 0.15) is 68.6 Å². The summed E-state index contributed by atoms with van der Waals surface area (Å²) in [7, 11) is 0. The van der Waals surface area contributed by atoms with Crippen LogP contribution in [-0.4, -0.2) is 44.8 Å². The van der Waals surface area contributed by atoms with Crippen LogP contribution in [0, 0.1) is 50.1 Å². The average Bonchev–Trinajstić information content (AvgIpc) is 3.30. The van der Waals surface area contributed by atoms with Gasteiger partial charge >= 0.3 is 5.97 Å². The average molecular weight is 648 g/mol. The van der Waals surface area contributed by atoms with Gasteiger partial charge in [0.25, 0.3) is 0 Å². The molecule has 7 rings (SSSR count). The van der Waals surface area contributed by atoms with Crippen LogP contribution in [0.5, 0.6) is 0 Å². The van der Waals surface area contributed by atoms with Crippen LogP contribution >= 0.6 is 23.1 Å². The van der Waals surface area contributed by atoms with Gasteiger partial charge in [0, 0.05) is 51.7 Å². The molecule has 45 heavy (non-hydrogen) atoms. The van der Waals surface area contributed by atoms with E-state index in [1.165, 1.54) is 30.1 Å². The van der Waals surface area contributed by atoms with Crippen molar-refractivity contribution in [3.8, 4) is 6.07 Å². The lowest BCUT2D eigenvalue weighted by molar-refractivity contribution is -0.513. The quantitative estimate of drug-likeness (QED) is 0.206. The van der Waals surface area contributed by atoms with Gasteiger partial charge < -0.3 is 15.3 Å². The molecule has 4 fully saturated rings. The minimum Gasteiger partial charge on any atom is -0.444 e. The summed E-state index contributed by atoms with van der Waals surface area (Å²) in [6.07, 6.45) is 8.78. The number of nitrogens with one attached hydrogen (secondary N) is 1. The van der Waals surface area contributed by atoms with E-state index in [2.05, 4.69) is 18.0 Å². The maximum absolute atomic E-state index is 14.0. The summed E-state index contributed by atoms with van der Waals surface area (Å²) >= 11 is 2.05. The molecule has 11 heteroatoms. The number of nitriles is 1. The summed E-state index contributed by atoms with van der Waals surface area (Å²) in [5.41, 5.74) is 0.582. The van der Waals surface area contributed by atoms with Crippen molar-refractivity contribution >= 4 is 46.1 Å². The molecule has 5 aliphatic rings. The number of hydrogen-bond acceptors (Lipinski definition) is 9. The van der Waals surface area contributed by atoms with Crippen molar-refractivity contribution < 1.29 is 29.1 Å². The molecule has 0 spiro atoms. The minimum absolute atomic E-state index is 0.0297. The largest absolute Gasteiger partial charge is 0.444 e. The molecule has 5 aliphatic carbocycles. The van der Waals surface area contributed by atoms with E-state index in [1.807, 2.05) is 18.3 Å². The Morgan fingerprint density at radius 3 is 2.78 bits per heavy atom. The first kappa shape index (κ1) is 30.5. The maximum atomic E-state index is 14.0. The second kappa shape index (κ2) is 10.4. The van der Waals surface area contributed by atoms with Crippen LogP contribution < -0.4 is 5.32 Å². The number of thioether (sulfide) groups is 1. The van der Waals surface area contributed by atoms with Crippen molar-refractivity contribution in [1.29, 1.82) is 10.7 Å². The number of aliphatic hydroxyl groups excluding tert-OH is 1. The number of thiazole rings is 1. The van der Waals surface area contributed by atoms with Crippen molar-refractivity contribution in [2.75, 3.05) is 5.75 Å². The number of rotatable bonds is 7. The van der Waals surface area contributed by atoms with E-state index in [1.54, 1.807) is 17.5 Å². The highest BCUT2D eigenvalue weighted by atomic mass is 32.2. The molecule has 8 nitrogen and oxygen atoms in total. The fourth-order valence-electron chi connectivity index (χ4n) is 10.4. The van der Waals surface area contributed by atoms with Gasteiger partial charge in [-0.3, -0.25) is 10.1 Å². The number of benzene rings is 1. The van der Waals surface area contributed by atoms with Gasteiger partial charge in [0.05, 0.1) is 17.9 Å². The van der Waals surface area contributed by atoms with Crippen LogP contribution in [0.25, 0.3) is 0 Å². The standard InChI is InChI=1S/C34H35FN4O4S2/c1-30-16-20(18-37)24(39-23-5-3-22(35)4-6-23)15-21(30)7-9-32-19-33(30,32)26(40)17-31(2)25(32)8-10-34(31,29(42)45-13-11-36)43-28(41)27-38-12-14-44-27/h3-6,12,14-15,18,25-26,37,39-40H,7-10,13,16-17,19H2,1-2H3/p+1/t25?,26-,30-,31-,32+,33?,34-/m0/s1. The van der Waals surface area contributed by atoms with Gasteiger partial charge in [-0.2, -0.15) is 5.26 Å². The number of hydrogen-bond donors (Lipinski definition) is 3. The lowest BCUT2D eigenvalue weighted by Gasteiger charge is -2.60. The molecule has 4 saturated carbocycles. The smallest absolute Gasteiger partial charge is 0.368 e.